The number of aryl methyl sites for hydroxylation is 1. The molecule has 102 valence electrons. The summed E-state index contributed by atoms with van der Waals surface area (Å²) in [7, 11) is 0. The minimum absolute atomic E-state index is 0.247. The molecule has 1 aromatic carbocycles. The predicted molar refractivity (Wildman–Crippen MR) is 78.1 cm³/mol. The Morgan fingerprint density at radius 2 is 1.90 bits per heavy atom. The molecule has 1 atom stereocenters. The van der Waals surface area contributed by atoms with E-state index in [1.54, 1.807) is 18.6 Å². The zero-order chi connectivity index (χ0) is 13.9. The Balaban J connectivity index is 1.99. The summed E-state index contributed by atoms with van der Waals surface area (Å²) in [6, 6.07) is 5.68. The van der Waals surface area contributed by atoms with Crippen LogP contribution in [0, 0.1) is 0 Å². The van der Waals surface area contributed by atoms with Crippen LogP contribution in [-0.2, 0) is 6.54 Å². The van der Waals surface area contributed by atoms with Crippen LogP contribution < -0.4 is 5.73 Å². The van der Waals surface area contributed by atoms with Gasteiger partial charge < -0.3 is 10.3 Å². The first-order chi connectivity index (χ1) is 9.79. The summed E-state index contributed by atoms with van der Waals surface area (Å²) in [4.78, 5) is 13.0. The molecule has 2 N–H and O–H groups in total. The number of rotatable bonds is 4. The van der Waals surface area contributed by atoms with Crippen molar-refractivity contribution in [2.75, 3.05) is 0 Å². The van der Waals surface area contributed by atoms with Crippen LogP contribution in [-0.4, -0.2) is 19.5 Å². The lowest BCUT2D eigenvalue weighted by atomic mass is 10.1. The molecule has 20 heavy (non-hydrogen) atoms. The third kappa shape index (κ3) is 2.28. The van der Waals surface area contributed by atoms with Gasteiger partial charge in [-0.05, 0) is 24.1 Å². The average molecular weight is 267 g/mol. The van der Waals surface area contributed by atoms with Crippen LogP contribution in [0.1, 0.15) is 30.8 Å². The minimum atomic E-state index is -0.247. The molecule has 0 saturated carbocycles. The monoisotopic (exact) mass is 267 g/mol. The van der Waals surface area contributed by atoms with Crippen LogP contribution in [0.2, 0.25) is 0 Å². The fraction of sp³-hybridized carbons (Fsp3) is 0.267. The maximum Gasteiger partial charge on any atom is 0.130 e. The number of aromatic nitrogens is 4. The Labute approximate surface area is 117 Å². The minimum Gasteiger partial charge on any atom is -0.333 e. The van der Waals surface area contributed by atoms with Gasteiger partial charge in [0.05, 0.1) is 17.1 Å². The van der Waals surface area contributed by atoms with Crippen LogP contribution in [0.4, 0.5) is 0 Å². The molecule has 5 nitrogen and oxygen atoms in total. The highest BCUT2D eigenvalue weighted by Gasteiger charge is 2.15. The van der Waals surface area contributed by atoms with Gasteiger partial charge in [0.25, 0.3) is 0 Å². The predicted octanol–water partition coefficient (Wildman–Crippen LogP) is 2.28. The Morgan fingerprint density at radius 1 is 1.10 bits per heavy atom. The van der Waals surface area contributed by atoms with Crippen molar-refractivity contribution in [3.8, 4) is 0 Å². The fourth-order valence-corrected chi connectivity index (χ4v) is 2.35. The molecule has 0 amide bonds. The summed E-state index contributed by atoms with van der Waals surface area (Å²) in [5.74, 6) is 0.884. The lowest BCUT2D eigenvalue weighted by Gasteiger charge is -2.14. The SMILES string of the molecule is CCCn1ccnc1C(N)c1ccc2nccnc2c1. The number of hydrogen-bond donors (Lipinski definition) is 1. The van der Waals surface area contributed by atoms with Crippen LogP contribution >= 0.6 is 0 Å². The van der Waals surface area contributed by atoms with Crippen LogP contribution in [0.5, 0.6) is 0 Å². The fourth-order valence-electron chi connectivity index (χ4n) is 2.35. The molecule has 0 aliphatic heterocycles. The molecule has 5 heteroatoms. The van der Waals surface area contributed by atoms with Crippen molar-refractivity contribution in [2.24, 2.45) is 5.73 Å². The van der Waals surface area contributed by atoms with E-state index in [2.05, 4.69) is 26.4 Å². The van der Waals surface area contributed by atoms with Gasteiger partial charge >= 0.3 is 0 Å². The van der Waals surface area contributed by atoms with Gasteiger partial charge in [0.1, 0.15) is 5.82 Å². The van der Waals surface area contributed by atoms with E-state index in [0.717, 1.165) is 35.4 Å². The van der Waals surface area contributed by atoms with Gasteiger partial charge in [-0.25, -0.2) is 4.98 Å². The van der Waals surface area contributed by atoms with E-state index in [1.807, 2.05) is 24.4 Å². The summed E-state index contributed by atoms with van der Waals surface area (Å²) in [6.45, 7) is 3.07. The van der Waals surface area contributed by atoms with Gasteiger partial charge in [0.15, 0.2) is 0 Å². The van der Waals surface area contributed by atoms with E-state index < -0.39 is 0 Å². The molecule has 0 fully saturated rings. The number of benzene rings is 1. The first kappa shape index (κ1) is 12.7. The van der Waals surface area contributed by atoms with Gasteiger partial charge in [-0.1, -0.05) is 13.0 Å². The third-order valence-corrected chi connectivity index (χ3v) is 3.34. The maximum absolute atomic E-state index is 6.35. The van der Waals surface area contributed by atoms with Gasteiger partial charge in [0, 0.05) is 31.3 Å². The Kier molecular flexibility index (Phi) is 3.43. The van der Waals surface area contributed by atoms with E-state index in [0.29, 0.717) is 0 Å². The zero-order valence-corrected chi connectivity index (χ0v) is 11.4. The number of hydrogen-bond acceptors (Lipinski definition) is 4. The summed E-state index contributed by atoms with van der Waals surface area (Å²) in [6.07, 6.45) is 8.20. The van der Waals surface area contributed by atoms with Crippen molar-refractivity contribution in [1.29, 1.82) is 0 Å². The standard InChI is InChI=1S/C15H17N5/c1-2-8-20-9-7-19-15(20)14(16)11-3-4-12-13(10-11)18-6-5-17-12/h3-7,9-10,14H,2,8,16H2,1H3. The summed E-state index contributed by atoms with van der Waals surface area (Å²) >= 11 is 0. The molecular weight excluding hydrogens is 250 g/mol. The topological polar surface area (TPSA) is 69.6 Å². The smallest absolute Gasteiger partial charge is 0.130 e. The van der Waals surface area contributed by atoms with Crippen LogP contribution in [0.3, 0.4) is 0 Å². The Morgan fingerprint density at radius 3 is 2.70 bits per heavy atom. The van der Waals surface area contributed by atoms with E-state index in [-0.39, 0.29) is 6.04 Å². The molecule has 0 aliphatic carbocycles. The molecule has 0 aliphatic rings. The van der Waals surface area contributed by atoms with Gasteiger partial charge in [-0.15, -0.1) is 0 Å². The largest absolute Gasteiger partial charge is 0.333 e. The van der Waals surface area contributed by atoms with Gasteiger partial charge in [-0.3, -0.25) is 9.97 Å². The zero-order valence-electron chi connectivity index (χ0n) is 11.4. The second-order valence-corrected chi connectivity index (χ2v) is 4.76. The van der Waals surface area contributed by atoms with E-state index in [4.69, 9.17) is 5.73 Å². The van der Waals surface area contributed by atoms with Crippen molar-refractivity contribution < 1.29 is 0 Å². The molecule has 0 radical (unpaired) electrons. The molecule has 3 rings (SSSR count). The van der Waals surface area contributed by atoms with Crippen LogP contribution in [0.25, 0.3) is 11.0 Å². The Bertz CT molecular complexity index is 719. The first-order valence-electron chi connectivity index (χ1n) is 6.77. The molecule has 3 aromatic rings. The molecule has 0 bridgehead atoms. The van der Waals surface area contributed by atoms with Gasteiger partial charge in [0.2, 0.25) is 0 Å². The maximum atomic E-state index is 6.35. The molecule has 0 saturated heterocycles. The van der Waals surface area contributed by atoms with Crippen molar-refractivity contribution in [1.82, 2.24) is 19.5 Å². The lowest BCUT2D eigenvalue weighted by Crippen LogP contribution is -2.18. The molecular formula is C15H17N5. The quantitative estimate of drug-likeness (QED) is 0.787. The number of fused-ring (bicyclic) bond motifs is 1. The highest BCUT2D eigenvalue weighted by Crippen LogP contribution is 2.21. The highest BCUT2D eigenvalue weighted by atomic mass is 15.1. The highest BCUT2D eigenvalue weighted by molar-refractivity contribution is 5.74. The first-order valence-corrected chi connectivity index (χ1v) is 6.77. The Hall–Kier alpha value is -2.27. The average Bonchev–Trinajstić information content (AvgIpc) is 2.94. The molecule has 2 aromatic heterocycles. The van der Waals surface area contributed by atoms with Gasteiger partial charge in [-0.2, -0.15) is 0 Å². The van der Waals surface area contributed by atoms with Crippen molar-refractivity contribution in [3.63, 3.8) is 0 Å². The number of imidazole rings is 1. The lowest BCUT2D eigenvalue weighted by molar-refractivity contribution is 0.613. The summed E-state index contributed by atoms with van der Waals surface area (Å²) < 4.78 is 2.10. The van der Waals surface area contributed by atoms with Crippen molar-refractivity contribution >= 4 is 11.0 Å². The van der Waals surface area contributed by atoms with Crippen molar-refractivity contribution in [3.05, 3.63) is 54.4 Å². The normalized spacial score (nSPS) is 12.7. The number of nitrogens with two attached hydrogens (primary N) is 1. The molecule has 2 heterocycles. The van der Waals surface area contributed by atoms with Crippen molar-refractivity contribution in [2.45, 2.75) is 25.9 Å². The second-order valence-electron chi connectivity index (χ2n) is 4.76. The summed E-state index contributed by atoms with van der Waals surface area (Å²) in [5, 5.41) is 0. The van der Waals surface area contributed by atoms with Crippen LogP contribution in [0.15, 0.2) is 43.0 Å². The van der Waals surface area contributed by atoms with E-state index in [1.165, 1.54) is 0 Å². The molecule has 0 spiro atoms. The number of nitrogens with zero attached hydrogens (tertiary/aromatic N) is 4. The molecule has 1 unspecified atom stereocenters. The second kappa shape index (κ2) is 5.38. The van der Waals surface area contributed by atoms with E-state index in [9.17, 15) is 0 Å². The third-order valence-electron chi connectivity index (χ3n) is 3.34. The summed E-state index contributed by atoms with van der Waals surface area (Å²) in [5.41, 5.74) is 9.08. The van der Waals surface area contributed by atoms with E-state index >= 15 is 0 Å².